The number of amides is 1. The lowest BCUT2D eigenvalue weighted by Gasteiger charge is -2.04. The van der Waals surface area contributed by atoms with Gasteiger partial charge in [0.1, 0.15) is 11.5 Å². The molecule has 0 atom stereocenters. The molecule has 2 aromatic rings. The molecule has 0 fully saturated rings. The van der Waals surface area contributed by atoms with Gasteiger partial charge in [0.2, 0.25) is 0 Å². The standard InChI is InChI=1S/C14H19N5OS.2ClH/c1-2-6-15-8-9-17-13(20)11-10-21-14(18-11)19-12-5-3-4-7-16-12;;/h3-5,7,10,15H,2,6,8-9H2,1H3,(H,17,20)(H,16,18,19);2*1H. The lowest BCUT2D eigenvalue weighted by molar-refractivity contribution is 0.0950. The molecule has 0 saturated heterocycles. The van der Waals surface area contributed by atoms with E-state index in [-0.39, 0.29) is 30.7 Å². The Balaban J connectivity index is 0.00000242. The molecule has 2 rings (SSSR count). The molecule has 2 heterocycles. The Morgan fingerprint density at radius 3 is 2.74 bits per heavy atom. The number of thiazole rings is 1. The average Bonchev–Trinajstić information content (AvgIpc) is 2.96. The number of aromatic nitrogens is 2. The zero-order chi connectivity index (χ0) is 14.9. The number of halogens is 2. The third kappa shape index (κ3) is 7.60. The molecule has 0 aliphatic rings. The van der Waals surface area contributed by atoms with Crippen LogP contribution >= 0.6 is 36.2 Å². The summed E-state index contributed by atoms with van der Waals surface area (Å²) >= 11 is 1.38. The number of nitrogens with zero attached hydrogens (tertiary/aromatic N) is 2. The number of nitrogens with one attached hydrogen (secondary N) is 3. The molecule has 0 aliphatic heterocycles. The van der Waals surface area contributed by atoms with Crippen LogP contribution in [0.25, 0.3) is 0 Å². The number of carbonyl (C=O) groups excluding carboxylic acids is 1. The van der Waals surface area contributed by atoms with Gasteiger partial charge in [0.25, 0.3) is 5.91 Å². The van der Waals surface area contributed by atoms with E-state index in [1.54, 1.807) is 11.6 Å². The summed E-state index contributed by atoms with van der Waals surface area (Å²) in [6.07, 6.45) is 2.79. The van der Waals surface area contributed by atoms with Crippen molar-refractivity contribution in [1.29, 1.82) is 0 Å². The molecule has 0 aliphatic carbocycles. The van der Waals surface area contributed by atoms with Gasteiger partial charge in [-0.15, -0.1) is 36.2 Å². The van der Waals surface area contributed by atoms with Crippen molar-refractivity contribution in [2.24, 2.45) is 0 Å². The van der Waals surface area contributed by atoms with Crippen LogP contribution in [0.3, 0.4) is 0 Å². The van der Waals surface area contributed by atoms with Crippen molar-refractivity contribution in [2.75, 3.05) is 25.0 Å². The normalized spacial score (nSPS) is 9.43. The van der Waals surface area contributed by atoms with Crippen molar-refractivity contribution in [3.63, 3.8) is 0 Å². The minimum atomic E-state index is -0.154. The quantitative estimate of drug-likeness (QED) is 0.616. The summed E-state index contributed by atoms with van der Waals surface area (Å²) in [6.45, 7) is 4.43. The number of rotatable bonds is 8. The average molecular weight is 378 g/mol. The highest BCUT2D eigenvalue weighted by Gasteiger charge is 2.10. The van der Waals surface area contributed by atoms with Crippen molar-refractivity contribution in [3.8, 4) is 0 Å². The highest BCUT2D eigenvalue weighted by atomic mass is 35.5. The van der Waals surface area contributed by atoms with Gasteiger partial charge in [0.05, 0.1) is 0 Å². The first-order valence-corrected chi connectivity index (χ1v) is 7.80. The summed E-state index contributed by atoms with van der Waals surface area (Å²) in [7, 11) is 0. The predicted octanol–water partition coefficient (Wildman–Crippen LogP) is 2.85. The summed E-state index contributed by atoms with van der Waals surface area (Å²) in [5, 5.41) is 11.5. The van der Waals surface area contributed by atoms with Crippen molar-refractivity contribution in [1.82, 2.24) is 20.6 Å². The van der Waals surface area contributed by atoms with Gasteiger partial charge in [-0.1, -0.05) is 13.0 Å². The van der Waals surface area contributed by atoms with E-state index < -0.39 is 0 Å². The van der Waals surface area contributed by atoms with Gasteiger partial charge < -0.3 is 16.0 Å². The number of hydrogen-bond donors (Lipinski definition) is 3. The Hall–Kier alpha value is -1.41. The molecular formula is C14H21Cl2N5OS. The summed E-state index contributed by atoms with van der Waals surface area (Å²) in [5.74, 6) is 0.557. The third-order valence-corrected chi connectivity index (χ3v) is 3.41. The van der Waals surface area contributed by atoms with E-state index in [1.807, 2.05) is 18.2 Å². The Bertz CT molecular complexity index is 567. The molecule has 128 valence electrons. The second-order valence-corrected chi connectivity index (χ2v) is 5.24. The molecule has 9 heteroatoms. The molecule has 1 amide bonds. The summed E-state index contributed by atoms with van der Waals surface area (Å²) in [5.41, 5.74) is 0.425. The van der Waals surface area contributed by atoms with Crippen LogP contribution in [-0.4, -0.2) is 35.5 Å². The van der Waals surface area contributed by atoms with Crippen molar-refractivity contribution in [3.05, 3.63) is 35.5 Å². The third-order valence-electron chi connectivity index (χ3n) is 2.65. The maximum absolute atomic E-state index is 11.9. The minimum Gasteiger partial charge on any atom is -0.349 e. The van der Waals surface area contributed by atoms with E-state index in [2.05, 4.69) is 32.8 Å². The first kappa shape index (κ1) is 21.6. The fourth-order valence-corrected chi connectivity index (χ4v) is 2.34. The molecule has 23 heavy (non-hydrogen) atoms. The van der Waals surface area contributed by atoms with E-state index in [0.29, 0.717) is 23.2 Å². The van der Waals surface area contributed by atoms with Gasteiger partial charge in [-0.25, -0.2) is 9.97 Å². The molecule has 2 aromatic heterocycles. The Morgan fingerprint density at radius 2 is 2.04 bits per heavy atom. The van der Waals surface area contributed by atoms with Gasteiger partial charge in [-0.05, 0) is 25.1 Å². The van der Waals surface area contributed by atoms with Crippen LogP contribution in [-0.2, 0) is 0 Å². The molecule has 0 radical (unpaired) electrons. The summed E-state index contributed by atoms with van der Waals surface area (Å²) in [4.78, 5) is 20.3. The number of anilines is 2. The molecule has 0 unspecified atom stereocenters. The molecular weight excluding hydrogens is 357 g/mol. The maximum Gasteiger partial charge on any atom is 0.270 e. The van der Waals surface area contributed by atoms with Gasteiger partial charge >= 0.3 is 0 Å². The van der Waals surface area contributed by atoms with Crippen molar-refractivity contribution in [2.45, 2.75) is 13.3 Å². The van der Waals surface area contributed by atoms with E-state index in [0.717, 1.165) is 19.5 Å². The van der Waals surface area contributed by atoms with E-state index in [1.165, 1.54) is 11.3 Å². The van der Waals surface area contributed by atoms with Crippen LogP contribution in [0.15, 0.2) is 29.8 Å². The van der Waals surface area contributed by atoms with E-state index in [4.69, 9.17) is 0 Å². The second-order valence-electron chi connectivity index (χ2n) is 4.38. The monoisotopic (exact) mass is 377 g/mol. The highest BCUT2D eigenvalue weighted by molar-refractivity contribution is 7.14. The van der Waals surface area contributed by atoms with Crippen molar-refractivity contribution >= 4 is 53.0 Å². The number of carbonyl (C=O) groups is 1. The predicted molar refractivity (Wildman–Crippen MR) is 99.6 cm³/mol. The van der Waals surface area contributed by atoms with Gasteiger partial charge in [-0.2, -0.15) is 0 Å². The van der Waals surface area contributed by atoms with Gasteiger partial charge in [0, 0.05) is 24.7 Å². The summed E-state index contributed by atoms with van der Waals surface area (Å²) < 4.78 is 0. The van der Waals surface area contributed by atoms with Crippen LogP contribution in [0.1, 0.15) is 23.8 Å². The summed E-state index contributed by atoms with van der Waals surface area (Å²) in [6, 6.07) is 5.58. The minimum absolute atomic E-state index is 0. The molecule has 0 bridgehead atoms. The fraction of sp³-hybridized carbons (Fsp3) is 0.357. The van der Waals surface area contributed by atoms with Gasteiger partial charge in [-0.3, -0.25) is 4.79 Å². The van der Waals surface area contributed by atoms with Crippen LogP contribution in [0.5, 0.6) is 0 Å². The van der Waals surface area contributed by atoms with Crippen LogP contribution in [0.4, 0.5) is 10.9 Å². The zero-order valence-corrected chi connectivity index (χ0v) is 15.2. The molecule has 3 N–H and O–H groups in total. The van der Waals surface area contributed by atoms with Gasteiger partial charge in [0.15, 0.2) is 5.13 Å². The molecule has 0 saturated carbocycles. The molecule has 0 aromatic carbocycles. The molecule has 6 nitrogen and oxygen atoms in total. The Morgan fingerprint density at radius 1 is 1.22 bits per heavy atom. The second kappa shape index (κ2) is 12.1. The largest absolute Gasteiger partial charge is 0.349 e. The smallest absolute Gasteiger partial charge is 0.270 e. The van der Waals surface area contributed by atoms with E-state index in [9.17, 15) is 4.79 Å². The fourth-order valence-electron chi connectivity index (χ4n) is 1.64. The highest BCUT2D eigenvalue weighted by Crippen LogP contribution is 2.19. The zero-order valence-electron chi connectivity index (χ0n) is 12.7. The number of pyridine rings is 1. The van der Waals surface area contributed by atoms with Crippen LogP contribution < -0.4 is 16.0 Å². The first-order valence-electron chi connectivity index (χ1n) is 6.92. The van der Waals surface area contributed by atoms with Crippen LogP contribution in [0.2, 0.25) is 0 Å². The van der Waals surface area contributed by atoms with Crippen LogP contribution in [0, 0.1) is 0 Å². The van der Waals surface area contributed by atoms with E-state index >= 15 is 0 Å². The SMILES string of the molecule is CCCNCCNC(=O)c1csc(Nc2ccccn2)n1.Cl.Cl. The topological polar surface area (TPSA) is 78.9 Å². The number of hydrogen-bond acceptors (Lipinski definition) is 6. The lowest BCUT2D eigenvalue weighted by atomic mass is 10.4. The lowest BCUT2D eigenvalue weighted by Crippen LogP contribution is -2.32. The Labute approximate surface area is 152 Å². The van der Waals surface area contributed by atoms with Crippen molar-refractivity contribution < 1.29 is 4.79 Å². The maximum atomic E-state index is 11.9. The molecule has 0 spiro atoms. The first-order chi connectivity index (χ1) is 10.3. The Kier molecular flexibility index (Phi) is 11.3.